The van der Waals surface area contributed by atoms with Gasteiger partial charge in [-0.25, -0.2) is 4.98 Å². The number of hydrogen-bond donors (Lipinski definition) is 0. The second-order valence-corrected chi connectivity index (χ2v) is 5.69. The van der Waals surface area contributed by atoms with Gasteiger partial charge < -0.3 is 4.90 Å². The first-order chi connectivity index (χ1) is 7.85. The van der Waals surface area contributed by atoms with E-state index < -0.39 is 0 Å². The average molecular weight is 304 g/mol. The Bertz CT molecular complexity index is 327. The Labute approximate surface area is 110 Å². The Balaban J connectivity index is 2.09. The molecule has 0 saturated carbocycles. The molecule has 2 heterocycles. The minimum atomic E-state index is 0.658. The van der Waals surface area contributed by atoms with E-state index in [4.69, 9.17) is 0 Å². The molecule has 1 aliphatic rings. The largest absolute Gasteiger partial charge is 0.344 e. The number of anilines is 1. The molecular formula is C11H18BrN3S. The molecule has 0 radical (unpaired) electrons. The van der Waals surface area contributed by atoms with E-state index >= 15 is 0 Å². The van der Waals surface area contributed by atoms with Gasteiger partial charge in [0, 0.05) is 35.9 Å². The van der Waals surface area contributed by atoms with Crippen LogP contribution >= 0.6 is 27.5 Å². The standard InChI is InChI=1S/C11H18BrN3S/c1-2-10-13-11(16-14-10)15-8-4-3-5-9(15)6-7-12/h9H,2-8H2,1H3. The van der Waals surface area contributed by atoms with Crippen molar-refractivity contribution in [1.29, 1.82) is 0 Å². The summed E-state index contributed by atoms with van der Waals surface area (Å²) in [6, 6.07) is 0.658. The van der Waals surface area contributed by atoms with Crippen molar-refractivity contribution in [3.8, 4) is 0 Å². The summed E-state index contributed by atoms with van der Waals surface area (Å²) in [6.07, 6.45) is 6.09. The lowest BCUT2D eigenvalue weighted by atomic mass is 10.0. The Morgan fingerprint density at radius 1 is 1.50 bits per heavy atom. The molecule has 1 atom stereocenters. The Hall–Kier alpha value is -0.160. The van der Waals surface area contributed by atoms with Crippen molar-refractivity contribution in [3.63, 3.8) is 0 Å². The average Bonchev–Trinajstić information content (AvgIpc) is 2.79. The Kier molecular flexibility index (Phi) is 4.58. The number of rotatable bonds is 4. The second kappa shape index (κ2) is 5.96. The van der Waals surface area contributed by atoms with Crippen LogP contribution in [-0.4, -0.2) is 27.3 Å². The molecule has 2 rings (SSSR count). The van der Waals surface area contributed by atoms with Crippen molar-refractivity contribution < 1.29 is 0 Å². The van der Waals surface area contributed by atoms with Crippen LogP contribution in [0, 0.1) is 0 Å². The van der Waals surface area contributed by atoms with Gasteiger partial charge in [-0.3, -0.25) is 0 Å². The predicted molar refractivity (Wildman–Crippen MR) is 72.7 cm³/mol. The predicted octanol–water partition coefficient (Wildman–Crippen LogP) is 3.24. The molecule has 0 aliphatic carbocycles. The van der Waals surface area contributed by atoms with Gasteiger partial charge in [0.1, 0.15) is 5.82 Å². The van der Waals surface area contributed by atoms with Crippen molar-refractivity contribution >= 4 is 32.6 Å². The topological polar surface area (TPSA) is 29.0 Å². The van der Waals surface area contributed by atoms with Crippen LogP contribution in [0.4, 0.5) is 5.13 Å². The zero-order valence-electron chi connectivity index (χ0n) is 9.65. The summed E-state index contributed by atoms with van der Waals surface area (Å²) in [5, 5.41) is 2.20. The van der Waals surface area contributed by atoms with Crippen molar-refractivity contribution in [1.82, 2.24) is 9.36 Å². The van der Waals surface area contributed by atoms with E-state index in [9.17, 15) is 0 Å². The maximum atomic E-state index is 4.60. The first kappa shape index (κ1) is 12.3. The van der Waals surface area contributed by atoms with E-state index in [1.54, 1.807) is 11.5 Å². The molecule has 1 fully saturated rings. The molecule has 0 amide bonds. The number of aryl methyl sites for hydroxylation is 1. The van der Waals surface area contributed by atoms with E-state index in [-0.39, 0.29) is 0 Å². The molecule has 1 unspecified atom stereocenters. The van der Waals surface area contributed by atoms with E-state index in [1.165, 1.54) is 25.7 Å². The van der Waals surface area contributed by atoms with Gasteiger partial charge in [-0.15, -0.1) is 0 Å². The van der Waals surface area contributed by atoms with Gasteiger partial charge in [0.2, 0.25) is 5.13 Å². The molecule has 0 bridgehead atoms. The molecule has 0 N–H and O–H groups in total. The molecule has 0 aromatic carbocycles. The van der Waals surface area contributed by atoms with Crippen LogP contribution in [0.15, 0.2) is 0 Å². The number of hydrogen-bond acceptors (Lipinski definition) is 4. The number of alkyl halides is 1. The minimum absolute atomic E-state index is 0.658. The number of aromatic nitrogens is 2. The molecule has 90 valence electrons. The second-order valence-electron chi connectivity index (χ2n) is 4.17. The summed E-state index contributed by atoms with van der Waals surface area (Å²) in [7, 11) is 0. The van der Waals surface area contributed by atoms with Gasteiger partial charge in [0.05, 0.1) is 0 Å². The molecule has 1 aromatic rings. The summed E-state index contributed by atoms with van der Waals surface area (Å²) in [4.78, 5) is 7.06. The molecule has 16 heavy (non-hydrogen) atoms. The summed E-state index contributed by atoms with van der Waals surface area (Å²) in [6.45, 7) is 3.26. The van der Waals surface area contributed by atoms with Crippen LogP contribution in [-0.2, 0) is 6.42 Å². The lowest BCUT2D eigenvalue weighted by Gasteiger charge is -2.35. The molecule has 5 heteroatoms. The smallest absolute Gasteiger partial charge is 0.205 e. The van der Waals surface area contributed by atoms with Crippen molar-refractivity contribution in [2.45, 2.75) is 45.1 Å². The maximum Gasteiger partial charge on any atom is 0.205 e. The summed E-state index contributed by atoms with van der Waals surface area (Å²) in [5.41, 5.74) is 0. The van der Waals surface area contributed by atoms with Crippen LogP contribution < -0.4 is 4.90 Å². The van der Waals surface area contributed by atoms with E-state index in [0.717, 1.165) is 29.3 Å². The number of halogens is 1. The highest BCUT2D eigenvalue weighted by Gasteiger charge is 2.24. The Morgan fingerprint density at radius 2 is 2.38 bits per heavy atom. The molecular weight excluding hydrogens is 286 g/mol. The van der Waals surface area contributed by atoms with Crippen LogP contribution in [0.3, 0.4) is 0 Å². The van der Waals surface area contributed by atoms with Crippen LogP contribution in [0.5, 0.6) is 0 Å². The van der Waals surface area contributed by atoms with E-state index in [0.29, 0.717) is 6.04 Å². The van der Waals surface area contributed by atoms with Crippen molar-refractivity contribution in [2.75, 3.05) is 16.8 Å². The zero-order chi connectivity index (χ0) is 11.4. The highest BCUT2D eigenvalue weighted by atomic mass is 79.9. The quantitative estimate of drug-likeness (QED) is 0.800. The summed E-state index contributed by atoms with van der Waals surface area (Å²) in [5.74, 6) is 0.989. The van der Waals surface area contributed by atoms with Gasteiger partial charge in [-0.05, 0) is 25.7 Å². The maximum absolute atomic E-state index is 4.60. The van der Waals surface area contributed by atoms with E-state index in [1.807, 2.05) is 0 Å². The van der Waals surface area contributed by atoms with Crippen LogP contribution in [0.2, 0.25) is 0 Å². The van der Waals surface area contributed by atoms with Gasteiger partial charge in [-0.2, -0.15) is 4.37 Å². The first-order valence-corrected chi connectivity index (χ1v) is 7.89. The SMILES string of the molecule is CCc1nsc(N2CCCCC2CCBr)n1. The van der Waals surface area contributed by atoms with Gasteiger partial charge in [-0.1, -0.05) is 22.9 Å². The third-order valence-electron chi connectivity index (χ3n) is 3.09. The van der Waals surface area contributed by atoms with Crippen molar-refractivity contribution in [2.24, 2.45) is 0 Å². The monoisotopic (exact) mass is 303 g/mol. The fraction of sp³-hybridized carbons (Fsp3) is 0.818. The highest BCUT2D eigenvalue weighted by Crippen LogP contribution is 2.28. The zero-order valence-corrected chi connectivity index (χ0v) is 12.1. The first-order valence-electron chi connectivity index (χ1n) is 6.00. The molecule has 0 spiro atoms. The number of piperidine rings is 1. The lowest BCUT2D eigenvalue weighted by Crippen LogP contribution is -2.39. The van der Waals surface area contributed by atoms with Gasteiger partial charge in [0.25, 0.3) is 0 Å². The number of nitrogens with zero attached hydrogens (tertiary/aromatic N) is 3. The van der Waals surface area contributed by atoms with Gasteiger partial charge >= 0.3 is 0 Å². The molecule has 1 aromatic heterocycles. The fourth-order valence-electron chi connectivity index (χ4n) is 2.18. The van der Waals surface area contributed by atoms with Crippen LogP contribution in [0.1, 0.15) is 38.4 Å². The Morgan fingerprint density at radius 3 is 3.06 bits per heavy atom. The highest BCUT2D eigenvalue weighted by molar-refractivity contribution is 9.09. The lowest BCUT2D eigenvalue weighted by molar-refractivity contribution is 0.452. The normalized spacial score (nSPS) is 21.4. The molecule has 3 nitrogen and oxygen atoms in total. The van der Waals surface area contributed by atoms with Crippen molar-refractivity contribution in [3.05, 3.63) is 5.82 Å². The third kappa shape index (κ3) is 2.74. The van der Waals surface area contributed by atoms with Crippen LogP contribution in [0.25, 0.3) is 0 Å². The molecule has 1 aliphatic heterocycles. The summed E-state index contributed by atoms with van der Waals surface area (Å²) < 4.78 is 4.38. The molecule has 1 saturated heterocycles. The summed E-state index contributed by atoms with van der Waals surface area (Å²) >= 11 is 5.10. The van der Waals surface area contributed by atoms with E-state index in [2.05, 4.69) is 37.1 Å². The third-order valence-corrected chi connectivity index (χ3v) is 4.34. The van der Waals surface area contributed by atoms with Gasteiger partial charge in [0.15, 0.2) is 0 Å². The fourth-order valence-corrected chi connectivity index (χ4v) is 3.56. The minimum Gasteiger partial charge on any atom is -0.344 e.